The minimum absolute atomic E-state index is 0.150. The van der Waals surface area contributed by atoms with E-state index in [0.29, 0.717) is 23.9 Å². The molecule has 0 spiro atoms. The second-order valence-corrected chi connectivity index (χ2v) is 5.15. The molecule has 1 atom stereocenters. The summed E-state index contributed by atoms with van der Waals surface area (Å²) in [5.41, 5.74) is 6.99. The summed E-state index contributed by atoms with van der Waals surface area (Å²) in [6.07, 6.45) is 1.53. The third kappa shape index (κ3) is 4.51. The number of carbonyl (C=O) groups is 1. The molecule has 5 heteroatoms. The number of carbonyl (C=O) groups excluding carboxylic acids is 1. The molecular formula is C15H22N2O3. The van der Waals surface area contributed by atoms with Gasteiger partial charge in [0.25, 0.3) is 5.91 Å². The Morgan fingerprint density at radius 2 is 2.25 bits per heavy atom. The fourth-order valence-electron chi connectivity index (χ4n) is 2.13. The number of nitrogen functional groups attached to an aromatic ring is 1. The zero-order chi connectivity index (χ0) is 14.4. The lowest BCUT2D eigenvalue weighted by Crippen LogP contribution is -2.30. The van der Waals surface area contributed by atoms with Crippen molar-refractivity contribution in [2.24, 2.45) is 5.92 Å². The van der Waals surface area contributed by atoms with Crippen LogP contribution in [-0.2, 0) is 14.3 Å². The van der Waals surface area contributed by atoms with Crippen LogP contribution in [0.5, 0.6) is 0 Å². The van der Waals surface area contributed by atoms with E-state index in [0.717, 1.165) is 26.1 Å². The van der Waals surface area contributed by atoms with Gasteiger partial charge in [0.15, 0.2) is 0 Å². The summed E-state index contributed by atoms with van der Waals surface area (Å²) in [5, 5.41) is 2.80. The number of benzene rings is 1. The first-order chi connectivity index (χ1) is 9.65. The van der Waals surface area contributed by atoms with Crippen LogP contribution in [0.25, 0.3) is 0 Å². The molecule has 3 N–H and O–H groups in total. The van der Waals surface area contributed by atoms with Crippen molar-refractivity contribution >= 4 is 17.3 Å². The number of nitrogens with one attached hydrogen (secondary N) is 1. The number of hydrogen-bond acceptors (Lipinski definition) is 4. The zero-order valence-corrected chi connectivity index (χ0v) is 11.8. The van der Waals surface area contributed by atoms with Crippen molar-refractivity contribution in [2.75, 3.05) is 30.9 Å². The van der Waals surface area contributed by atoms with Gasteiger partial charge in [0.05, 0.1) is 6.61 Å². The molecule has 20 heavy (non-hydrogen) atoms. The molecule has 1 saturated heterocycles. The average molecular weight is 278 g/mol. The van der Waals surface area contributed by atoms with Crippen LogP contribution in [0.1, 0.15) is 19.8 Å². The van der Waals surface area contributed by atoms with Gasteiger partial charge in [-0.25, -0.2) is 0 Å². The van der Waals surface area contributed by atoms with Crippen molar-refractivity contribution in [3.63, 3.8) is 0 Å². The maximum Gasteiger partial charge on any atom is 0.253 e. The predicted octanol–water partition coefficient (Wildman–Crippen LogP) is 2.04. The van der Waals surface area contributed by atoms with Crippen LogP contribution in [0.2, 0.25) is 0 Å². The highest BCUT2D eigenvalue weighted by Crippen LogP contribution is 2.16. The molecule has 1 amide bonds. The van der Waals surface area contributed by atoms with Crippen LogP contribution >= 0.6 is 0 Å². The highest BCUT2D eigenvalue weighted by atomic mass is 16.5. The first-order valence-corrected chi connectivity index (χ1v) is 7.01. The van der Waals surface area contributed by atoms with Gasteiger partial charge in [-0.3, -0.25) is 4.79 Å². The van der Waals surface area contributed by atoms with E-state index in [1.54, 1.807) is 31.2 Å². The SMILES string of the molecule is CC(OCC1CCOCC1)C(=O)Nc1cccc(N)c1. The number of ether oxygens (including phenoxy) is 2. The van der Waals surface area contributed by atoms with E-state index in [1.807, 2.05) is 0 Å². The summed E-state index contributed by atoms with van der Waals surface area (Å²) in [4.78, 5) is 12.0. The maximum atomic E-state index is 12.0. The number of anilines is 2. The average Bonchev–Trinajstić information content (AvgIpc) is 2.46. The fraction of sp³-hybridized carbons (Fsp3) is 0.533. The van der Waals surface area contributed by atoms with Gasteiger partial charge in [-0.05, 0) is 43.9 Å². The van der Waals surface area contributed by atoms with Crippen molar-refractivity contribution in [3.05, 3.63) is 24.3 Å². The topological polar surface area (TPSA) is 73.6 Å². The second-order valence-electron chi connectivity index (χ2n) is 5.15. The lowest BCUT2D eigenvalue weighted by Gasteiger charge is -2.23. The lowest BCUT2D eigenvalue weighted by atomic mass is 10.0. The Morgan fingerprint density at radius 3 is 2.95 bits per heavy atom. The summed E-state index contributed by atoms with van der Waals surface area (Å²) in [6, 6.07) is 7.11. The highest BCUT2D eigenvalue weighted by molar-refractivity contribution is 5.94. The first kappa shape index (κ1) is 14.8. The summed E-state index contributed by atoms with van der Waals surface area (Å²) in [7, 11) is 0. The third-order valence-electron chi connectivity index (χ3n) is 3.45. The van der Waals surface area contributed by atoms with E-state index >= 15 is 0 Å². The van der Waals surface area contributed by atoms with Crippen LogP contribution < -0.4 is 11.1 Å². The van der Waals surface area contributed by atoms with Gasteiger partial charge in [-0.15, -0.1) is 0 Å². The summed E-state index contributed by atoms with van der Waals surface area (Å²) in [5.74, 6) is 0.342. The van der Waals surface area contributed by atoms with E-state index in [1.165, 1.54) is 0 Å². The molecule has 1 aromatic carbocycles. The van der Waals surface area contributed by atoms with Gasteiger partial charge < -0.3 is 20.5 Å². The molecule has 1 aliphatic heterocycles. The number of amides is 1. The predicted molar refractivity (Wildman–Crippen MR) is 78.4 cm³/mol. The lowest BCUT2D eigenvalue weighted by molar-refractivity contribution is -0.127. The van der Waals surface area contributed by atoms with Crippen LogP contribution in [0.15, 0.2) is 24.3 Å². The molecule has 1 fully saturated rings. The normalized spacial score (nSPS) is 17.6. The molecular weight excluding hydrogens is 256 g/mol. The monoisotopic (exact) mass is 278 g/mol. The van der Waals surface area contributed by atoms with Crippen LogP contribution in [-0.4, -0.2) is 31.8 Å². The van der Waals surface area contributed by atoms with Crippen LogP contribution in [0.3, 0.4) is 0 Å². The Hall–Kier alpha value is -1.59. The molecule has 1 aromatic rings. The van der Waals surface area contributed by atoms with Gasteiger partial charge in [-0.2, -0.15) is 0 Å². The van der Waals surface area contributed by atoms with Crippen LogP contribution in [0, 0.1) is 5.92 Å². The molecule has 1 heterocycles. The van der Waals surface area contributed by atoms with Gasteiger partial charge in [0.1, 0.15) is 6.10 Å². The van der Waals surface area contributed by atoms with Gasteiger partial charge in [0, 0.05) is 24.6 Å². The van der Waals surface area contributed by atoms with Crippen molar-refractivity contribution in [3.8, 4) is 0 Å². The number of hydrogen-bond donors (Lipinski definition) is 2. The Balaban J connectivity index is 1.76. The van der Waals surface area contributed by atoms with E-state index in [9.17, 15) is 4.79 Å². The standard InChI is InChI=1S/C15H22N2O3/c1-11(20-10-12-5-7-19-8-6-12)15(18)17-14-4-2-3-13(16)9-14/h2-4,9,11-12H,5-8,10,16H2,1H3,(H,17,18). The summed E-state index contributed by atoms with van der Waals surface area (Å²) in [6.45, 7) is 3.95. The Morgan fingerprint density at radius 1 is 1.50 bits per heavy atom. The maximum absolute atomic E-state index is 12.0. The quantitative estimate of drug-likeness (QED) is 0.808. The molecule has 0 aliphatic carbocycles. The largest absolute Gasteiger partial charge is 0.399 e. The number of rotatable bonds is 5. The molecule has 1 aliphatic rings. The van der Waals surface area contributed by atoms with Crippen molar-refractivity contribution in [2.45, 2.75) is 25.9 Å². The molecule has 0 saturated carbocycles. The first-order valence-electron chi connectivity index (χ1n) is 7.01. The van der Waals surface area contributed by atoms with E-state index in [4.69, 9.17) is 15.2 Å². The molecule has 0 bridgehead atoms. The molecule has 110 valence electrons. The second kappa shape index (κ2) is 7.26. The zero-order valence-electron chi connectivity index (χ0n) is 11.8. The van der Waals surface area contributed by atoms with Crippen molar-refractivity contribution in [1.29, 1.82) is 0 Å². The van der Waals surface area contributed by atoms with E-state index < -0.39 is 6.10 Å². The molecule has 5 nitrogen and oxygen atoms in total. The summed E-state index contributed by atoms with van der Waals surface area (Å²) >= 11 is 0. The minimum Gasteiger partial charge on any atom is -0.399 e. The molecule has 0 radical (unpaired) electrons. The third-order valence-corrected chi connectivity index (χ3v) is 3.45. The molecule has 2 rings (SSSR count). The smallest absolute Gasteiger partial charge is 0.253 e. The highest BCUT2D eigenvalue weighted by Gasteiger charge is 2.18. The minimum atomic E-state index is -0.473. The van der Waals surface area contributed by atoms with Crippen molar-refractivity contribution in [1.82, 2.24) is 0 Å². The van der Waals surface area contributed by atoms with Gasteiger partial charge >= 0.3 is 0 Å². The molecule has 1 unspecified atom stereocenters. The summed E-state index contributed by atoms with van der Waals surface area (Å²) < 4.78 is 10.9. The van der Waals surface area contributed by atoms with Crippen LogP contribution in [0.4, 0.5) is 11.4 Å². The van der Waals surface area contributed by atoms with Gasteiger partial charge in [-0.1, -0.05) is 6.07 Å². The van der Waals surface area contributed by atoms with E-state index in [2.05, 4.69) is 5.32 Å². The number of nitrogens with two attached hydrogens (primary N) is 1. The van der Waals surface area contributed by atoms with Gasteiger partial charge in [0.2, 0.25) is 0 Å². The fourth-order valence-corrected chi connectivity index (χ4v) is 2.13. The van der Waals surface area contributed by atoms with E-state index in [-0.39, 0.29) is 5.91 Å². The van der Waals surface area contributed by atoms with Crippen molar-refractivity contribution < 1.29 is 14.3 Å². The Labute approximate surface area is 119 Å². The molecule has 0 aromatic heterocycles. The Bertz CT molecular complexity index is 444. The Kier molecular flexibility index (Phi) is 5.38.